The maximum atomic E-state index is 5.39. The first-order valence-corrected chi connectivity index (χ1v) is 13.4. The molecule has 0 amide bonds. The molecular weight excluding hydrogens is 404 g/mol. The van der Waals surface area contributed by atoms with Gasteiger partial charge in [0.05, 0.1) is 34.2 Å². The van der Waals surface area contributed by atoms with Gasteiger partial charge < -0.3 is 0 Å². The van der Waals surface area contributed by atoms with Gasteiger partial charge in [0.1, 0.15) is 5.82 Å². The molecule has 0 unspecified atom stereocenters. The first-order chi connectivity index (χ1) is 15.6. The number of aryl methyl sites for hydroxylation is 4. The minimum Gasteiger partial charge on any atom is -0.253 e. The Bertz CT molecular complexity index is 926. The van der Waals surface area contributed by atoms with Crippen LogP contribution in [0, 0.1) is 6.92 Å². The third-order valence-electron chi connectivity index (χ3n) is 7.52. The van der Waals surface area contributed by atoms with Gasteiger partial charge in [-0.05, 0) is 45.4 Å². The predicted molar refractivity (Wildman–Crippen MR) is 141 cm³/mol. The molecule has 0 atom stereocenters. The normalized spacial score (nSPS) is 12.4. The Morgan fingerprint density at radius 2 is 1.15 bits per heavy atom. The zero-order valence-electron chi connectivity index (χ0n) is 23.2. The molecule has 4 nitrogen and oxygen atoms in total. The molecule has 2 aromatic heterocycles. The quantitative estimate of drug-likeness (QED) is 0.329. The summed E-state index contributed by atoms with van der Waals surface area (Å²) in [7, 11) is 0. The van der Waals surface area contributed by atoms with Crippen LogP contribution in [0.2, 0.25) is 0 Å². The average molecular weight is 453 g/mol. The van der Waals surface area contributed by atoms with Crippen LogP contribution in [-0.4, -0.2) is 19.9 Å². The standard InChI is InChI=1S/C29H48N4/c1-11-17-21-24(20(7)30-27(33-21)28(8,9)14-4)25-22(18-12-2)32-26(23(31-25)19-13-3)29(10,15-5)16-6/h11-19H2,1-10H3. The first-order valence-electron chi connectivity index (χ1n) is 13.4. The lowest BCUT2D eigenvalue weighted by molar-refractivity contribution is 0.417. The monoisotopic (exact) mass is 452 g/mol. The molecule has 0 aliphatic heterocycles. The first kappa shape index (κ1) is 27.4. The molecule has 0 radical (unpaired) electrons. The molecule has 0 aliphatic rings. The van der Waals surface area contributed by atoms with Gasteiger partial charge in [0.15, 0.2) is 0 Å². The molecule has 0 bridgehead atoms. The maximum Gasteiger partial charge on any atom is 0.134 e. The van der Waals surface area contributed by atoms with Crippen molar-refractivity contribution in [2.24, 2.45) is 0 Å². The van der Waals surface area contributed by atoms with E-state index in [9.17, 15) is 0 Å². The number of hydrogen-bond donors (Lipinski definition) is 0. The van der Waals surface area contributed by atoms with Crippen molar-refractivity contribution in [2.45, 2.75) is 138 Å². The molecule has 0 N–H and O–H groups in total. The Labute approximate surface area is 203 Å². The molecular formula is C29H48N4. The van der Waals surface area contributed by atoms with Crippen molar-refractivity contribution in [3.8, 4) is 11.3 Å². The Morgan fingerprint density at radius 1 is 0.606 bits per heavy atom. The van der Waals surface area contributed by atoms with Crippen molar-refractivity contribution in [2.75, 3.05) is 0 Å². The zero-order valence-corrected chi connectivity index (χ0v) is 23.2. The van der Waals surface area contributed by atoms with E-state index in [0.717, 1.165) is 92.0 Å². The number of hydrogen-bond acceptors (Lipinski definition) is 4. The van der Waals surface area contributed by atoms with E-state index < -0.39 is 0 Å². The number of aromatic nitrogens is 4. The Balaban J connectivity index is 2.88. The highest BCUT2D eigenvalue weighted by Crippen LogP contribution is 2.37. The minimum absolute atomic E-state index is 0.0367. The van der Waals surface area contributed by atoms with Crippen LogP contribution >= 0.6 is 0 Å². The van der Waals surface area contributed by atoms with E-state index >= 15 is 0 Å². The van der Waals surface area contributed by atoms with Crippen molar-refractivity contribution in [1.29, 1.82) is 0 Å². The van der Waals surface area contributed by atoms with Crippen molar-refractivity contribution in [1.82, 2.24) is 19.9 Å². The lowest BCUT2D eigenvalue weighted by atomic mass is 9.79. The summed E-state index contributed by atoms with van der Waals surface area (Å²) >= 11 is 0. The van der Waals surface area contributed by atoms with Gasteiger partial charge in [0, 0.05) is 16.4 Å². The van der Waals surface area contributed by atoms with Crippen LogP contribution in [-0.2, 0) is 30.1 Å². The van der Waals surface area contributed by atoms with Crippen LogP contribution in [0.4, 0.5) is 0 Å². The molecule has 4 heteroatoms. The molecule has 0 saturated carbocycles. The molecule has 2 rings (SSSR count). The van der Waals surface area contributed by atoms with Gasteiger partial charge in [-0.15, -0.1) is 0 Å². The second-order valence-corrected chi connectivity index (χ2v) is 10.5. The smallest absolute Gasteiger partial charge is 0.134 e. The van der Waals surface area contributed by atoms with Crippen LogP contribution in [0.5, 0.6) is 0 Å². The lowest BCUT2D eigenvalue weighted by Gasteiger charge is -2.30. The second kappa shape index (κ2) is 11.5. The van der Waals surface area contributed by atoms with Gasteiger partial charge in [0.2, 0.25) is 0 Å². The van der Waals surface area contributed by atoms with Crippen LogP contribution in [0.3, 0.4) is 0 Å². The lowest BCUT2D eigenvalue weighted by Crippen LogP contribution is -2.26. The Morgan fingerprint density at radius 3 is 1.67 bits per heavy atom. The molecule has 2 aromatic rings. The topological polar surface area (TPSA) is 51.6 Å². The van der Waals surface area contributed by atoms with E-state index in [1.54, 1.807) is 0 Å². The van der Waals surface area contributed by atoms with E-state index in [-0.39, 0.29) is 10.8 Å². The molecule has 0 aliphatic carbocycles. The maximum absolute atomic E-state index is 5.39. The third kappa shape index (κ3) is 5.81. The SMILES string of the molecule is CCCc1nc(C(C)(CC)CC)c(CCC)nc1-c1c(C)nc(C(C)(C)CC)nc1CCC. The zero-order chi connectivity index (χ0) is 24.8. The van der Waals surface area contributed by atoms with Crippen molar-refractivity contribution in [3.63, 3.8) is 0 Å². The molecule has 2 heterocycles. The third-order valence-corrected chi connectivity index (χ3v) is 7.52. The summed E-state index contributed by atoms with van der Waals surface area (Å²) in [6.45, 7) is 22.4. The summed E-state index contributed by atoms with van der Waals surface area (Å²) in [5.41, 5.74) is 7.85. The second-order valence-electron chi connectivity index (χ2n) is 10.5. The highest BCUT2D eigenvalue weighted by Gasteiger charge is 2.31. The minimum atomic E-state index is -0.0367. The summed E-state index contributed by atoms with van der Waals surface area (Å²) in [6, 6.07) is 0. The molecule has 33 heavy (non-hydrogen) atoms. The van der Waals surface area contributed by atoms with Crippen molar-refractivity contribution in [3.05, 3.63) is 34.3 Å². The Hall–Kier alpha value is -1.84. The van der Waals surface area contributed by atoms with Crippen molar-refractivity contribution < 1.29 is 0 Å². The highest BCUT2D eigenvalue weighted by atomic mass is 14.9. The van der Waals surface area contributed by atoms with Gasteiger partial charge in [-0.3, -0.25) is 4.98 Å². The van der Waals surface area contributed by atoms with Gasteiger partial charge in [-0.25, -0.2) is 15.0 Å². The van der Waals surface area contributed by atoms with Gasteiger partial charge in [-0.2, -0.15) is 0 Å². The van der Waals surface area contributed by atoms with E-state index in [4.69, 9.17) is 19.9 Å². The summed E-state index contributed by atoms with van der Waals surface area (Å²) in [4.78, 5) is 20.9. The highest BCUT2D eigenvalue weighted by molar-refractivity contribution is 5.67. The molecule has 0 aromatic carbocycles. The van der Waals surface area contributed by atoms with Crippen LogP contribution in [0.15, 0.2) is 0 Å². The predicted octanol–water partition coefficient (Wildman–Crippen LogP) is 7.86. The fourth-order valence-corrected chi connectivity index (χ4v) is 4.41. The number of rotatable bonds is 12. The Kier molecular flexibility index (Phi) is 9.58. The van der Waals surface area contributed by atoms with E-state index in [2.05, 4.69) is 69.2 Å². The van der Waals surface area contributed by atoms with E-state index in [1.165, 1.54) is 11.4 Å². The average Bonchev–Trinajstić information content (AvgIpc) is 2.79. The van der Waals surface area contributed by atoms with Gasteiger partial charge >= 0.3 is 0 Å². The van der Waals surface area contributed by atoms with E-state index in [1.807, 2.05) is 0 Å². The fourth-order valence-electron chi connectivity index (χ4n) is 4.41. The van der Waals surface area contributed by atoms with Crippen LogP contribution in [0.25, 0.3) is 11.3 Å². The summed E-state index contributed by atoms with van der Waals surface area (Å²) in [6.07, 6.45) is 9.15. The fraction of sp³-hybridized carbons (Fsp3) is 0.724. The van der Waals surface area contributed by atoms with Crippen LogP contribution < -0.4 is 0 Å². The molecule has 0 fully saturated rings. The largest absolute Gasteiger partial charge is 0.253 e. The summed E-state index contributed by atoms with van der Waals surface area (Å²) in [5.74, 6) is 0.953. The molecule has 184 valence electrons. The number of nitrogens with zero attached hydrogens (tertiary/aromatic N) is 4. The summed E-state index contributed by atoms with van der Waals surface area (Å²) in [5, 5.41) is 0. The van der Waals surface area contributed by atoms with Crippen LogP contribution in [0.1, 0.15) is 135 Å². The summed E-state index contributed by atoms with van der Waals surface area (Å²) < 4.78 is 0. The molecule has 0 saturated heterocycles. The van der Waals surface area contributed by atoms with Gasteiger partial charge in [0.25, 0.3) is 0 Å². The molecule has 0 spiro atoms. The van der Waals surface area contributed by atoms with Gasteiger partial charge in [-0.1, -0.05) is 81.6 Å². The van der Waals surface area contributed by atoms with Crippen molar-refractivity contribution >= 4 is 0 Å². The van der Waals surface area contributed by atoms with E-state index in [0.29, 0.717) is 0 Å².